The van der Waals surface area contributed by atoms with Crippen molar-refractivity contribution >= 4 is 17.5 Å². The first-order chi connectivity index (χ1) is 15.8. The molecule has 33 heavy (non-hydrogen) atoms. The summed E-state index contributed by atoms with van der Waals surface area (Å²) in [5.41, 5.74) is 0.0580. The molecule has 6 nitrogen and oxygen atoms in total. The van der Waals surface area contributed by atoms with E-state index in [1.165, 1.54) is 12.1 Å². The molecule has 1 aliphatic carbocycles. The van der Waals surface area contributed by atoms with Crippen molar-refractivity contribution in [3.63, 3.8) is 0 Å². The molecule has 0 aromatic heterocycles. The molecule has 0 unspecified atom stereocenters. The summed E-state index contributed by atoms with van der Waals surface area (Å²) in [6.45, 7) is 2.70. The predicted molar refractivity (Wildman–Crippen MR) is 118 cm³/mol. The molecule has 0 radical (unpaired) electrons. The molecule has 2 aromatic carbocycles. The zero-order valence-corrected chi connectivity index (χ0v) is 18.1. The molecule has 1 saturated carbocycles. The molecule has 0 bridgehead atoms. The summed E-state index contributed by atoms with van der Waals surface area (Å²) in [6, 6.07) is 13.5. The third kappa shape index (κ3) is 6.33. The van der Waals surface area contributed by atoms with Gasteiger partial charge in [0.25, 0.3) is 0 Å². The van der Waals surface area contributed by atoms with E-state index in [1.807, 2.05) is 35.2 Å². The van der Waals surface area contributed by atoms with Crippen LogP contribution in [-0.4, -0.2) is 60.4 Å². The van der Waals surface area contributed by atoms with Crippen molar-refractivity contribution in [2.24, 2.45) is 0 Å². The van der Waals surface area contributed by atoms with Crippen molar-refractivity contribution < 1.29 is 22.8 Å². The van der Waals surface area contributed by atoms with Gasteiger partial charge in [-0.3, -0.25) is 19.4 Å². The summed E-state index contributed by atoms with van der Waals surface area (Å²) >= 11 is 0. The lowest BCUT2D eigenvalue weighted by Gasteiger charge is -2.38. The number of hydrogen-bond donors (Lipinski definition) is 2. The number of carbonyl (C=O) groups excluding carboxylic acids is 2. The first kappa shape index (κ1) is 23.3. The molecule has 1 saturated heterocycles. The molecule has 176 valence electrons. The van der Waals surface area contributed by atoms with Gasteiger partial charge in [-0.1, -0.05) is 36.4 Å². The van der Waals surface area contributed by atoms with Crippen molar-refractivity contribution in [3.8, 4) is 0 Å². The first-order valence-corrected chi connectivity index (χ1v) is 11.1. The Kier molecular flexibility index (Phi) is 6.99. The summed E-state index contributed by atoms with van der Waals surface area (Å²) in [7, 11) is 0. The predicted octanol–water partition coefficient (Wildman–Crippen LogP) is 3.28. The average Bonchev–Trinajstić information content (AvgIpc) is 3.59. The molecule has 2 aromatic rings. The Morgan fingerprint density at radius 3 is 2.30 bits per heavy atom. The third-order valence-electron chi connectivity index (χ3n) is 5.90. The fourth-order valence-corrected chi connectivity index (χ4v) is 4.03. The van der Waals surface area contributed by atoms with Gasteiger partial charge in [-0.05, 0) is 36.6 Å². The van der Waals surface area contributed by atoms with E-state index in [2.05, 4.69) is 15.5 Å². The van der Waals surface area contributed by atoms with Crippen LogP contribution in [0.1, 0.15) is 30.0 Å². The maximum Gasteiger partial charge on any atom is 0.416 e. The van der Waals surface area contributed by atoms with Crippen molar-refractivity contribution in [1.82, 2.24) is 15.1 Å². The zero-order chi connectivity index (χ0) is 23.4. The van der Waals surface area contributed by atoms with Crippen LogP contribution in [0.15, 0.2) is 54.6 Å². The highest BCUT2D eigenvalue weighted by Crippen LogP contribution is 2.31. The molecular formula is C24H27F3N4O2. The summed E-state index contributed by atoms with van der Waals surface area (Å²) in [5, 5.41) is 5.65. The molecule has 0 spiro atoms. The summed E-state index contributed by atoms with van der Waals surface area (Å²) in [4.78, 5) is 29.4. The molecule has 1 atom stereocenters. The number of nitrogens with one attached hydrogen (secondary N) is 2. The average molecular weight is 461 g/mol. The van der Waals surface area contributed by atoms with Crippen molar-refractivity contribution in [2.75, 3.05) is 38.0 Å². The van der Waals surface area contributed by atoms with Crippen molar-refractivity contribution in [2.45, 2.75) is 31.1 Å². The Hall–Kier alpha value is -2.91. The minimum absolute atomic E-state index is 0.0212. The molecule has 2 aliphatic rings. The number of nitrogens with zero attached hydrogens (tertiary/aromatic N) is 2. The van der Waals surface area contributed by atoms with Crippen LogP contribution < -0.4 is 10.6 Å². The van der Waals surface area contributed by atoms with E-state index in [9.17, 15) is 22.8 Å². The maximum absolute atomic E-state index is 13.2. The second-order valence-electron chi connectivity index (χ2n) is 8.53. The lowest BCUT2D eigenvalue weighted by Crippen LogP contribution is -2.52. The van der Waals surface area contributed by atoms with E-state index in [0.29, 0.717) is 38.8 Å². The Labute approximate surface area is 190 Å². The summed E-state index contributed by atoms with van der Waals surface area (Å²) in [5.74, 6) is -0.367. The summed E-state index contributed by atoms with van der Waals surface area (Å²) < 4.78 is 39.2. The van der Waals surface area contributed by atoms with Gasteiger partial charge in [-0.2, -0.15) is 13.2 Å². The number of anilines is 1. The monoisotopic (exact) mass is 460 g/mol. The Morgan fingerprint density at radius 1 is 0.970 bits per heavy atom. The normalized spacial score (nSPS) is 18.5. The van der Waals surface area contributed by atoms with E-state index in [4.69, 9.17) is 0 Å². The van der Waals surface area contributed by atoms with Crippen LogP contribution in [-0.2, 0) is 15.8 Å². The van der Waals surface area contributed by atoms with Gasteiger partial charge in [-0.25, -0.2) is 0 Å². The SMILES string of the molecule is O=C(CN1CCN([C@H](C(=O)Nc2cccc(C(F)(F)F)c2)c2ccccc2)CC1)NC1CC1. The van der Waals surface area contributed by atoms with Gasteiger partial charge < -0.3 is 10.6 Å². The number of halogens is 3. The Balaban J connectivity index is 1.44. The molecule has 2 amide bonds. The fourth-order valence-electron chi connectivity index (χ4n) is 4.03. The van der Waals surface area contributed by atoms with E-state index in [1.54, 1.807) is 0 Å². The van der Waals surface area contributed by atoms with Gasteiger partial charge in [0.1, 0.15) is 6.04 Å². The molecule has 2 fully saturated rings. The Bertz CT molecular complexity index is 971. The van der Waals surface area contributed by atoms with Crippen LogP contribution >= 0.6 is 0 Å². The first-order valence-electron chi connectivity index (χ1n) is 11.1. The van der Waals surface area contributed by atoms with Gasteiger partial charge in [-0.15, -0.1) is 0 Å². The minimum atomic E-state index is -4.48. The van der Waals surface area contributed by atoms with E-state index < -0.39 is 17.8 Å². The van der Waals surface area contributed by atoms with Crippen LogP contribution in [0.2, 0.25) is 0 Å². The van der Waals surface area contributed by atoms with Crippen LogP contribution in [0, 0.1) is 0 Å². The van der Waals surface area contributed by atoms with Gasteiger partial charge in [0.2, 0.25) is 11.8 Å². The van der Waals surface area contributed by atoms with Gasteiger partial charge in [0.05, 0.1) is 12.1 Å². The van der Waals surface area contributed by atoms with E-state index in [0.717, 1.165) is 30.5 Å². The summed E-state index contributed by atoms with van der Waals surface area (Å²) in [6.07, 6.45) is -2.40. The highest BCUT2D eigenvalue weighted by molar-refractivity contribution is 5.95. The number of piperazine rings is 1. The van der Waals surface area contributed by atoms with Crippen LogP contribution in [0.4, 0.5) is 18.9 Å². The number of alkyl halides is 3. The largest absolute Gasteiger partial charge is 0.416 e. The lowest BCUT2D eigenvalue weighted by molar-refractivity contribution is -0.137. The highest BCUT2D eigenvalue weighted by Gasteiger charge is 2.33. The highest BCUT2D eigenvalue weighted by atomic mass is 19.4. The molecule has 2 N–H and O–H groups in total. The van der Waals surface area contributed by atoms with Gasteiger partial charge >= 0.3 is 6.18 Å². The van der Waals surface area contributed by atoms with Crippen molar-refractivity contribution in [1.29, 1.82) is 0 Å². The molecule has 1 heterocycles. The minimum Gasteiger partial charge on any atom is -0.352 e. The number of rotatable bonds is 7. The van der Waals surface area contributed by atoms with Crippen LogP contribution in [0.5, 0.6) is 0 Å². The van der Waals surface area contributed by atoms with Crippen LogP contribution in [0.25, 0.3) is 0 Å². The van der Waals surface area contributed by atoms with Crippen LogP contribution in [0.3, 0.4) is 0 Å². The second-order valence-corrected chi connectivity index (χ2v) is 8.53. The number of carbonyl (C=O) groups is 2. The third-order valence-corrected chi connectivity index (χ3v) is 5.90. The molecule has 9 heteroatoms. The van der Waals surface area contributed by atoms with Gasteiger partial charge in [0.15, 0.2) is 0 Å². The van der Waals surface area contributed by atoms with Gasteiger partial charge in [0, 0.05) is 37.9 Å². The zero-order valence-electron chi connectivity index (χ0n) is 18.1. The number of hydrogen-bond acceptors (Lipinski definition) is 4. The maximum atomic E-state index is 13.2. The molecular weight excluding hydrogens is 433 g/mol. The van der Waals surface area contributed by atoms with Crippen molar-refractivity contribution in [3.05, 3.63) is 65.7 Å². The van der Waals surface area contributed by atoms with E-state index >= 15 is 0 Å². The number of amides is 2. The molecule has 1 aliphatic heterocycles. The quantitative estimate of drug-likeness (QED) is 0.666. The molecule has 4 rings (SSSR count). The lowest BCUT2D eigenvalue weighted by atomic mass is 10.0. The topological polar surface area (TPSA) is 64.7 Å². The second kappa shape index (κ2) is 9.93. The smallest absolute Gasteiger partial charge is 0.352 e. The fraction of sp³-hybridized carbons (Fsp3) is 0.417. The standard InChI is InChI=1S/C24H27F3N4O2/c25-24(26,27)18-7-4-8-20(15-18)29-23(33)22(17-5-2-1-3-6-17)31-13-11-30(12-14-31)16-21(32)28-19-9-10-19/h1-8,15,19,22H,9-14,16H2,(H,28,32)(H,29,33)/t22-/m0/s1. The van der Waals surface area contributed by atoms with E-state index in [-0.39, 0.29) is 17.5 Å². The number of benzene rings is 2. The Morgan fingerprint density at radius 2 is 1.67 bits per heavy atom.